The molecule has 1 atom stereocenters. The van der Waals surface area contributed by atoms with E-state index in [0.717, 1.165) is 57.2 Å². The molecule has 1 aliphatic rings. The van der Waals surface area contributed by atoms with Gasteiger partial charge in [-0.15, -0.1) is 11.3 Å². The monoisotopic (exact) mass is 636 g/mol. The molecule has 1 saturated heterocycles. The van der Waals surface area contributed by atoms with Crippen LogP contribution in [0, 0.1) is 0 Å². The molecule has 6 rings (SSSR count). The van der Waals surface area contributed by atoms with Gasteiger partial charge in [0.15, 0.2) is 0 Å². The van der Waals surface area contributed by atoms with Gasteiger partial charge in [-0.05, 0) is 74.0 Å². The highest BCUT2D eigenvalue weighted by Crippen LogP contribution is 2.41. The van der Waals surface area contributed by atoms with Crippen molar-refractivity contribution in [2.45, 2.75) is 38.6 Å². The molecule has 0 radical (unpaired) electrons. The van der Waals surface area contributed by atoms with E-state index in [-0.39, 0.29) is 11.8 Å². The third-order valence-corrected chi connectivity index (χ3v) is 9.90. The Kier molecular flexibility index (Phi) is 9.37. The van der Waals surface area contributed by atoms with Crippen molar-refractivity contribution in [3.63, 3.8) is 0 Å². The molecule has 0 unspecified atom stereocenters. The summed E-state index contributed by atoms with van der Waals surface area (Å²) < 4.78 is 8.52. The number of amides is 2. The number of methoxy groups -OCH3 is 1. The number of pyridine rings is 1. The number of hydrogen-bond donors (Lipinski definition) is 3. The maximum Gasteiger partial charge on any atom is 0.272 e. The number of thiophene rings is 1. The van der Waals surface area contributed by atoms with E-state index in [1.54, 1.807) is 36.8 Å². The number of aromatic nitrogens is 2. The number of nitrogens with two attached hydrogens (primary N) is 1. The van der Waals surface area contributed by atoms with Gasteiger partial charge in [0.1, 0.15) is 17.3 Å². The highest BCUT2D eigenvalue weighted by molar-refractivity contribution is 7.18. The minimum atomic E-state index is -0.226. The summed E-state index contributed by atoms with van der Waals surface area (Å²) in [6.45, 7) is 5.09. The third kappa shape index (κ3) is 6.49. The number of nitrogen functional groups attached to an aromatic ring is 1. The molecule has 2 amide bonds. The molecule has 0 aliphatic carbocycles. The van der Waals surface area contributed by atoms with E-state index in [9.17, 15) is 9.59 Å². The van der Waals surface area contributed by atoms with Crippen LogP contribution in [0.25, 0.3) is 38.2 Å². The molecule has 238 valence electrons. The number of likely N-dealkylation sites (tertiary alicyclic amines) is 1. The summed E-state index contributed by atoms with van der Waals surface area (Å²) in [5, 5.41) is 9.86. The van der Waals surface area contributed by atoms with Crippen LogP contribution < -0.4 is 21.1 Å². The number of carbonyl (C=O) groups is 2. The van der Waals surface area contributed by atoms with E-state index in [1.165, 1.54) is 19.3 Å². The maximum absolute atomic E-state index is 13.3. The molecular formula is C36H40N6O3S. The van der Waals surface area contributed by atoms with Gasteiger partial charge in [0.05, 0.1) is 12.8 Å². The summed E-state index contributed by atoms with van der Waals surface area (Å²) in [5.41, 5.74) is 11.1. The van der Waals surface area contributed by atoms with Gasteiger partial charge in [0.25, 0.3) is 5.91 Å². The molecule has 1 fully saturated rings. The number of para-hydroxylation sites is 1. The van der Waals surface area contributed by atoms with Gasteiger partial charge in [0.2, 0.25) is 5.91 Å². The van der Waals surface area contributed by atoms with Gasteiger partial charge in [-0.3, -0.25) is 9.59 Å². The molecule has 5 aromatic rings. The smallest absolute Gasteiger partial charge is 0.272 e. The van der Waals surface area contributed by atoms with Crippen LogP contribution in [0.4, 0.5) is 11.5 Å². The maximum atomic E-state index is 13.3. The first-order chi connectivity index (χ1) is 22.3. The van der Waals surface area contributed by atoms with Crippen molar-refractivity contribution in [1.29, 1.82) is 0 Å². The molecule has 0 bridgehead atoms. The van der Waals surface area contributed by atoms with Crippen LogP contribution in [0.15, 0.2) is 66.2 Å². The SMILES string of the molecule is COc1cc(-c2csc3c(/C=C/C(=O)NCCCN4CCCC[C@H]4C)cnc(N)c23)ccc1NC(=O)c1cc2ccccc2n1C. The average Bonchev–Trinajstić information content (AvgIpc) is 3.66. The van der Waals surface area contributed by atoms with Gasteiger partial charge in [-0.1, -0.05) is 30.7 Å². The topological polar surface area (TPSA) is 115 Å². The molecule has 9 nitrogen and oxygen atoms in total. The van der Waals surface area contributed by atoms with Crippen molar-refractivity contribution in [3.05, 3.63) is 77.4 Å². The van der Waals surface area contributed by atoms with Crippen LogP contribution in [0.2, 0.25) is 0 Å². The first kappa shape index (κ1) is 31.3. The van der Waals surface area contributed by atoms with Crippen LogP contribution in [-0.2, 0) is 11.8 Å². The quantitative estimate of drug-likeness (QED) is 0.116. The van der Waals surface area contributed by atoms with Crippen molar-refractivity contribution in [2.24, 2.45) is 7.05 Å². The fourth-order valence-electron chi connectivity index (χ4n) is 6.28. The first-order valence-electron chi connectivity index (χ1n) is 15.7. The fraction of sp³-hybridized carbons (Fsp3) is 0.306. The predicted molar refractivity (Wildman–Crippen MR) is 188 cm³/mol. The Morgan fingerprint density at radius 2 is 2.02 bits per heavy atom. The van der Waals surface area contributed by atoms with Crippen LogP contribution in [0.5, 0.6) is 5.75 Å². The van der Waals surface area contributed by atoms with E-state index in [4.69, 9.17) is 10.5 Å². The van der Waals surface area contributed by atoms with Gasteiger partial charge in [-0.2, -0.15) is 0 Å². The lowest BCUT2D eigenvalue weighted by Crippen LogP contribution is -2.39. The minimum absolute atomic E-state index is 0.126. The van der Waals surface area contributed by atoms with Crippen molar-refractivity contribution < 1.29 is 14.3 Å². The van der Waals surface area contributed by atoms with E-state index >= 15 is 0 Å². The Morgan fingerprint density at radius 3 is 2.83 bits per heavy atom. The van der Waals surface area contributed by atoms with Crippen molar-refractivity contribution >= 4 is 61.7 Å². The number of fused-ring (bicyclic) bond motifs is 2. The molecule has 4 heterocycles. The fourth-order valence-corrected chi connectivity index (χ4v) is 7.36. The van der Waals surface area contributed by atoms with Crippen molar-refractivity contribution in [2.75, 3.05) is 37.8 Å². The number of rotatable bonds is 10. The normalized spacial score (nSPS) is 15.5. The molecule has 0 saturated carbocycles. The first-order valence-corrected chi connectivity index (χ1v) is 16.6. The molecule has 46 heavy (non-hydrogen) atoms. The molecule has 0 spiro atoms. The number of ether oxygens (including phenoxy) is 1. The second kappa shape index (κ2) is 13.8. The van der Waals surface area contributed by atoms with Gasteiger partial charge in [0, 0.05) is 70.6 Å². The van der Waals surface area contributed by atoms with Crippen LogP contribution >= 0.6 is 11.3 Å². The van der Waals surface area contributed by atoms with Crippen molar-refractivity contribution in [1.82, 2.24) is 19.8 Å². The number of aryl methyl sites for hydroxylation is 1. The number of carbonyl (C=O) groups excluding carboxylic acids is 2. The summed E-state index contributed by atoms with van der Waals surface area (Å²) >= 11 is 1.55. The number of hydrogen-bond acceptors (Lipinski definition) is 7. The Bertz CT molecular complexity index is 1930. The highest BCUT2D eigenvalue weighted by Gasteiger charge is 2.19. The Labute approximate surface area is 273 Å². The standard InChI is InChI=1S/C36H40N6O3S/c1-23-9-6-7-17-42(23)18-8-16-38-32(43)15-13-26-21-39-35(37)33-27(22-46-34(26)33)24-12-14-28(31(20-24)45-3)40-36(44)30-19-25-10-4-5-11-29(25)41(30)2/h4-5,10-15,19-23H,6-9,16-18H2,1-3H3,(H2,37,39)(H,38,43)(H,40,44)/b15-13+/t23-/m1/s1. The van der Waals surface area contributed by atoms with Crippen molar-refractivity contribution in [3.8, 4) is 16.9 Å². The zero-order valence-corrected chi connectivity index (χ0v) is 27.3. The lowest BCUT2D eigenvalue weighted by Gasteiger charge is -2.33. The van der Waals surface area contributed by atoms with Crippen LogP contribution in [0.3, 0.4) is 0 Å². The van der Waals surface area contributed by atoms with Gasteiger partial charge < -0.3 is 30.6 Å². The van der Waals surface area contributed by atoms with Gasteiger partial charge >= 0.3 is 0 Å². The zero-order valence-electron chi connectivity index (χ0n) is 26.5. The van der Waals surface area contributed by atoms with Crippen LogP contribution in [0.1, 0.15) is 48.7 Å². The zero-order chi connectivity index (χ0) is 32.2. The Balaban J connectivity index is 1.16. The van der Waals surface area contributed by atoms with E-state index in [0.29, 0.717) is 35.5 Å². The summed E-state index contributed by atoms with van der Waals surface area (Å²) in [6.07, 6.45) is 9.82. The summed E-state index contributed by atoms with van der Waals surface area (Å²) in [6, 6.07) is 16.0. The largest absolute Gasteiger partial charge is 0.495 e. The minimum Gasteiger partial charge on any atom is -0.495 e. The number of benzene rings is 2. The molecule has 4 N–H and O–H groups in total. The lowest BCUT2D eigenvalue weighted by molar-refractivity contribution is -0.116. The molecule has 2 aromatic carbocycles. The van der Waals surface area contributed by atoms with E-state index in [2.05, 4.69) is 27.4 Å². The Hall–Kier alpha value is -4.67. The lowest BCUT2D eigenvalue weighted by atomic mass is 10.0. The number of anilines is 2. The highest BCUT2D eigenvalue weighted by atomic mass is 32.1. The van der Waals surface area contributed by atoms with E-state index in [1.807, 2.05) is 65.5 Å². The number of nitrogens with one attached hydrogen (secondary N) is 2. The molecular weight excluding hydrogens is 597 g/mol. The van der Waals surface area contributed by atoms with Crippen LogP contribution in [-0.4, -0.2) is 59.1 Å². The summed E-state index contributed by atoms with van der Waals surface area (Å²) in [7, 11) is 3.46. The summed E-state index contributed by atoms with van der Waals surface area (Å²) in [4.78, 5) is 32.8. The third-order valence-electron chi connectivity index (χ3n) is 8.87. The van der Waals surface area contributed by atoms with Gasteiger partial charge in [-0.25, -0.2) is 4.98 Å². The molecule has 10 heteroatoms. The molecule has 3 aromatic heterocycles. The summed E-state index contributed by atoms with van der Waals surface area (Å²) in [5.74, 6) is 0.584. The number of nitrogens with zero attached hydrogens (tertiary/aromatic N) is 3. The molecule has 1 aliphatic heterocycles. The second-order valence-electron chi connectivity index (χ2n) is 11.8. The average molecular weight is 637 g/mol. The predicted octanol–water partition coefficient (Wildman–Crippen LogP) is 6.69. The number of piperidine rings is 1. The Morgan fingerprint density at radius 1 is 1.17 bits per heavy atom. The van der Waals surface area contributed by atoms with E-state index < -0.39 is 0 Å². The second-order valence-corrected chi connectivity index (χ2v) is 12.7.